The normalized spacial score (nSPS) is 13.6. The molecule has 1 aromatic carbocycles. The minimum absolute atomic E-state index is 0.390. The van der Waals surface area contributed by atoms with Crippen molar-refractivity contribution in [3.63, 3.8) is 0 Å². The third-order valence-electron chi connectivity index (χ3n) is 2.33. The summed E-state index contributed by atoms with van der Waals surface area (Å²) in [6.45, 7) is 0.785. The van der Waals surface area contributed by atoms with E-state index in [0.29, 0.717) is 18.7 Å². The largest absolute Gasteiger partial charge is 0.390 e. The molecular weight excluding hydrogens is 231 g/mol. The Morgan fingerprint density at radius 3 is 2.41 bits per heavy atom. The molecule has 2 nitrogen and oxygen atoms in total. The average Bonchev–Trinajstić information content (AvgIpc) is 2.28. The smallest absolute Gasteiger partial charge is 0.383 e. The topological polar surface area (TPSA) is 21.3 Å². The van der Waals surface area contributed by atoms with Gasteiger partial charge in [0.1, 0.15) is 0 Å². The minimum atomic E-state index is -4.18. The summed E-state index contributed by atoms with van der Waals surface area (Å²) < 4.78 is 42.1. The highest BCUT2D eigenvalue weighted by atomic mass is 19.4. The molecule has 0 saturated carbocycles. The number of rotatable bonds is 6. The molecule has 1 atom stereocenters. The van der Waals surface area contributed by atoms with Crippen LogP contribution in [0.4, 0.5) is 13.2 Å². The number of hydrogen-bond acceptors (Lipinski definition) is 2. The number of methoxy groups -OCH3 is 1. The molecular formula is C12H16F3NO. The molecule has 0 saturated heterocycles. The van der Waals surface area contributed by atoms with E-state index in [4.69, 9.17) is 4.74 Å². The van der Waals surface area contributed by atoms with E-state index in [2.05, 4.69) is 5.32 Å². The molecule has 96 valence electrons. The van der Waals surface area contributed by atoms with Crippen LogP contribution in [0, 0.1) is 0 Å². The van der Waals surface area contributed by atoms with E-state index in [0.717, 1.165) is 0 Å². The van der Waals surface area contributed by atoms with Crippen LogP contribution in [0.5, 0.6) is 0 Å². The zero-order chi connectivity index (χ0) is 12.7. The Morgan fingerprint density at radius 1 is 1.24 bits per heavy atom. The maximum atomic E-state index is 12.4. The van der Waals surface area contributed by atoms with Crippen molar-refractivity contribution in [2.45, 2.75) is 18.6 Å². The zero-order valence-electron chi connectivity index (χ0n) is 9.63. The maximum Gasteiger partial charge on any atom is 0.390 e. The third-order valence-corrected chi connectivity index (χ3v) is 2.33. The summed E-state index contributed by atoms with van der Waals surface area (Å²) in [5.41, 5.74) is 0.640. The highest BCUT2D eigenvalue weighted by molar-refractivity contribution is 5.19. The Hall–Kier alpha value is -1.07. The average molecular weight is 247 g/mol. The molecule has 1 N–H and O–H groups in total. The lowest BCUT2D eigenvalue weighted by atomic mass is 10.0. The van der Waals surface area contributed by atoms with Gasteiger partial charge in [-0.3, -0.25) is 0 Å². The number of alkyl halides is 3. The Labute approximate surface area is 98.8 Å². The van der Waals surface area contributed by atoms with Gasteiger partial charge in [0.2, 0.25) is 0 Å². The van der Waals surface area contributed by atoms with Crippen molar-refractivity contribution in [1.29, 1.82) is 0 Å². The molecule has 5 heteroatoms. The van der Waals surface area contributed by atoms with Crippen molar-refractivity contribution in [3.8, 4) is 0 Å². The summed E-state index contributed by atoms with van der Waals surface area (Å²) in [7, 11) is 1.52. The van der Waals surface area contributed by atoms with E-state index < -0.39 is 18.6 Å². The second-order valence-corrected chi connectivity index (χ2v) is 3.73. The van der Waals surface area contributed by atoms with Gasteiger partial charge in [-0.2, -0.15) is 13.2 Å². The Kier molecular flexibility index (Phi) is 5.44. The van der Waals surface area contributed by atoms with Crippen molar-refractivity contribution in [3.05, 3.63) is 35.9 Å². The molecule has 0 aliphatic rings. The number of hydrogen-bond donors (Lipinski definition) is 1. The molecule has 0 fully saturated rings. The molecule has 0 spiro atoms. The molecule has 1 aromatic rings. The van der Waals surface area contributed by atoms with Crippen LogP contribution in [-0.4, -0.2) is 26.4 Å². The monoisotopic (exact) mass is 247 g/mol. The van der Waals surface area contributed by atoms with Gasteiger partial charge in [-0.25, -0.2) is 0 Å². The quantitative estimate of drug-likeness (QED) is 0.780. The Bertz CT molecular complexity index is 313. The van der Waals surface area contributed by atoms with E-state index >= 15 is 0 Å². The van der Waals surface area contributed by atoms with Gasteiger partial charge in [-0.1, -0.05) is 30.3 Å². The lowest BCUT2D eigenvalue weighted by Gasteiger charge is -2.20. The molecule has 17 heavy (non-hydrogen) atoms. The van der Waals surface area contributed by atoms with Crippen LogP contribution in [0.25, 0.3) is 0 Å². The molecule has 0 amide bonds. The van der Waals surface area contributed by atoms with Gasteiger partial charge in [0, 0.05) is 19.7 Å². The predicted octanol–water partition coefficient (Wildman–Crippen LogP) is 2.92. The molecule has 0 heterocycles. The Balaban J connectivity index is 2.65. The van der Waals surface area contributed by atoms with Gasteiger partial charge < -0.3 is 10.1 Å². The van der Waals surface area contributed by atoms with E-state index in [1.165, 1.54) is 7.11 Å². The highest BCUT2D eigenvalue weighted by Gasteiger charge is 2.32. The molecule has 1 rings (SSSR count). The van der Waals surface area contributed by atoms with Crippen LogP contribution in [0.2, 0.25) is 0 Å². The molecule has 1 unspecified atom stereocenters. The van der Waals surface area contributed by atoms with Crippen molar-refractivity contribution in [2.75, 3.05) is 20.3 Å². The van der Waals surface area contributed by atoms with E-state index in [-0.39, 0.29) is 0 Å². The minimum Gasteiger partial charge on any atom is -0.383 e. The first-order valence-electron chi connectivity index (χ1n) is 5.37. The van der Waals surface area contributed by atoms with Gasteiger partial charge in [0.25, 0.3) is 0 Å². The number of benzene rings is 1. The second kappa shape index (κ2) is 6.61. The summed E-state index contributed by atoms with van der Waals surface area (Å²) in [6, 6.07) is 7.91. The lowest BCUT2D eigenvalue weighted by Crippen LogP contribution is -2.29. The number of halogens is 3. The lowest BCUT2D eigenvalue weighted by molar-refractivity contribution is -0.140. The molecule has 0 aromatic heterocycles. The molecule has 0 aliphatic heterocycles. The van der Waals surface area contributed by atoms with E-state index in [1.54, 1.807) is 30.3 Å². The fourth-order valence-electron chi connectivity index (χ4n) is 1.56. The summed E-state index contributed by atoms with van der Waals surface area (Å²) in [6.07, 6.45) is -5.05. The van der Waals surface area contributed by atoms with Crippen molar-refractivity contribution in [1.82, 2.24) is 5.32 Å². The van der Waals surface area contributed by atoms with Gasteiger partial charge >= 0.3 is 6.18 Å². The van der Waals surface area contributed by atoms with Crippen molar-refractivity contribution >= 4 is 0 Å². The standard InChI is InChI=1S/C12H16F3NO/c1-17-8-7-16-11(9-12(13,14)15)10-5-3-2-4-6-10/h2-6,11,16H,7-9H2,1H3. The van der Waals surface area contributed by atoms with Gasteiger partial charge in [0.15, 0.2) is 0 Å². The van der Waals surface area contributed by atoms with Crippen LogP contribution in [0.3, 0.4) is 0 Å². The van der Waals surface area contributed by atoms with Gasteiger partial charge in [0.05, 0.1) is 13.0 Å². The predicted molar refractivity (Wildman–Crippen MR) is 59.7 cm³/mol. The van der Waals surface area contributed by atoms with Crippen LogP contribution < -0.4 is 5.32 Å². The summed E-state index contributed by atoms with van der Waals surface area (Å²) in [5.74, 6) is 0. The van der Waals surface area contributed by atoms with Gasteiger partial charge in [-0.05, 0) is 5.56 Å². The summed E-state index contributed by atoms with van der Waals surface area (Å²) >= 11 is 0. The second-order valence-electron chi connectivity index (χ2n) is 3.73. The van der Waals surface area contributed by atoms with Crippen LogP contribution in [-0.2, 0) is 4.74 Å². The fourth-order valence-corrected chi connectivity index (χ4v) is 1.56. The molecule has 0 aliphatic carbocycles. The first-order chi connectivity index (χ1) is 8.03. The first-order valence-corrected chi connectivity index (χ1v) is 5.37. The number of ether oxygens (including phenoxy) is 1. The third kappa shape index (κ3) is 5.70. The van der Waals surface area contributed by atoms with Crippen LogP contribution in [0.1, 0.15) is 18.0 Å². The van der Waals surface area contributed by atoms with Crippen molar-refractivity contribution < 1.29 is 17.9 Å². The van der Waals surface area contributed by atoms with Crippen LogP contribution in [0.15, 0.2) is 30.3 Å². The van der Waals surface area contributed by atoms with E-state index in [9.17, 15) is 13.2 Å². The zero-order valence-corrected chi connectivity index (χ0v) is 9.63. The Morgan fingerprint density at radius 2 is 1.88 bits per heavy atom. The maximum absolute atomic E-state index is 12.4. The fraction of sp³-hybridized carbons (Fsp3) is 0.500. The SMILES string of the molecule is COCCNC(CC(F)(F)F)c1ccccc1. The number of nitrogens with one attached hydrogen (secondary N) is 1. The van der Waals surface area contributed by atoms with Crippen molar-refractivity contribution in [2.24, 2.45) is 0 Å². The molecule has 0 bridgehead atoms. The van der Waals surface area contributed by atoms with Gasteiger partial charge in [-0.15, -0.1) is 0 Å². The summed E-state index contributed by atoms with van der Waals surface area (Å²) in [5, 5.41) is 2.85. The molecule has 0 radical (unpaired) electrons. The summed E-state index contributed by atoms with van der Waals surface area (Å²) in [4.78, 5) is 0. The highest BCUT2D eigenvalue weighted by Crippen LogP contribution is 2.29. The van der Waals surface area contributed by atoms with E-state index in [1.807, 2.05) is 0 Å². The van der Waals surface area contributed by atoms with Crippen LogP contribution >= 0.6 is 0 Å². The first kappa shape index (κ1) is 14.0.